The van der Waals surface area contributed by atoms with E-state index in [1.165, 1.54) is 0 Å². The summed E-state index contributed by atoms with van der Waals surface area (Å²) in [6.45, 7) is 3.97. The summed E-state index contributed by atoms with van der Waals surface area (Å²) in [6, 6.07) is 13.9. The van der Waals surface area contributed by atoms with Crippen molar-refractivity contribution < 1.29 is 0 Å². The zero-order valence-electron chi connectivity index (χ0n) is 13.9. The number of benzene rings is 2. The Bertz CT molecular complexity index is 922. The number of piperazine rings is 1. The molecule has 0 atom stereocenters. The molecule has 128 valence electrons. The van der Waals surface area contributed by atoms with Crippen molar-refractivity contribution in [1.82, 2.24) is 14.9 Å². The van der Waals surface area contributed by atoms with Crippen molar-refractivity contribution in [3.05, 3.63) is 52.0 Å². The van der Waals surface area contributed by atoms with E-state index >= 15 is 0 Å². The third-order valence-corrected chi connectivity index (χ3v) is 5.38. The van der Waals surface area contributed by atoms with Crippen LogP contribution in [0.3, 0.4) is 0 Å². The Labute approximate surface area is 160 Å². The Balaban J connectivity index is 1.89. The van der Waals surface area contributed by atoms with Crippen LogP contribution in [0, 0.1) is 0 Å². The third kappa shape index (κ3) is 3.36. The van der Waals surface area contributed by atoms with E-state index in [2.05, 4.69) is 38.8 Å². The van der Waals surface area contributed by atoms with E-state index in [0.717, 1.165) is 52.9 Å². The van der Waals surface area contributed by atoms with Crippen LogP contribution in [-0.4, -0.2) is 48.1 Å². The van der Waals surface area contributed by atoms with Gasteiger partial charge in [-0.1, -0.05) is 39.7 Å². The van der Waals surface area contributed by atoms with Gasteiger partial charge in [-0.25, -0.2) is 9.97 Å². The molecule has 0 spiro atoms. The first-order valence-electron chi connectivity index (χ1n) is 8.27. The van der Waals surface area contributed by atoms with E-state index in [1.54, 1.807) is 0 Å². The zero-order chi connectivity index (χ0) is 17.4. The highest BCUT2D eigenvalue weighted by Gasteiger charge is 2.20. The fourth-order valence-corrected chi connectivity index (χ4v) is 3.69. The van der Waals surface area contributed by atoms with Crippen LogP contribution < -0.4 is 4.90 Å². The highest BCUT2D eigenvalue weighted by Crippen LogP contribution is 2.32. The minimum Gasteiger partial charge on any atom is -0.353 e. The second kappa shape index (κ2) is 6.90. The minimum absolute atomic E-state index is 0.670. The molecule has 1 saturated heterocycles. The van der Waals surface area contributed by atoms with Crippen LogP contribution in [0.25, 0.3) is 22.3 Å². The van der Waals surface area contributed by atoms with E-state index in [0.29, 0.717) is 10.8 Å². The number of likely N-dealkylation sites (N-methyl/N-ethyl adjacent to an activating group) is 1. The molecule has 3 aromatic rings. The lowest BCUT2D eigenvalue weighted by Gasteiger charge is -2.34. The molecule has 4 nitrogen and oxygen atoms in total. The summed E-state index contributed by atoms with van der Waals surface area (Å²) in [5.74, 6) is 1.66. The van der Waals surface area contributed by atoms with E-state index in [1.807, 2.05) is 36.4 Å². The number of fused-ring (bicyclic) bond motifs is 1. The molecule has 0 N–H and O–H groups in total. The van der Waals surface area contributed by atoms with Crippen LogP contribution in [0.2, 0.25) is 5.02 Å². The van der Waals surface area contributed by atoms with Gasteiger partial charge in [0.15, 0.2) is 5.82 Å². The topological polar surface area (TPSA) is 32.3 Å². The van der Waals surface area contributed by atoms with Gasteiger partial charge in [-0.3, -0.25) is 0 Å². The Kier molecular flexibility index (Phi) is 4.63. The van der Waals surface area contributed by atoms with Gasteiger partial charge in [0.05, 0.1) is 10.5 Å². The lowest BCUT2D eigenvalue weighted by Crippen LogP contribution is -2.45. The molecule has 0 unspecified atom stereocenters. The van der Waals surface area contributed by atoms with Crippen LogP contribution in [0.4, 0.5) is 5.82 Å². The molecule has 1 aliphatic rings. The number of rotatable bonds is 2. The molecule has 1 fully saturated rings. The van der Waals surface area contributed by atoms with Gasteiger partial charge in [-0.15, -0.1) is 0 Å². The van der Waals surface area contributed by atoms with Gasteiger partial charge in [0, 0.05) is 41.6 Å². The van der Waals surface area contributed by atoms with Crippen LogP contribution in [-0.2, 0) is 0 Å². The number of nitrogens with zero attached hydrogens (tertiary/aromatic N) is 4. The second-order valence-corrected chi connectivity index (χ2v) is 7.63. The highest BCUT2D eigenvalue weighted by atomic mass is 79.9. The van der Waals surface area contributed by atoms with Crippen molar-refractivity contribution in [2.75, 3.05) is 38.1 Å². The van der Waals surface area contributed by atoms with Crippen LogP contribution in [0.15, 0.2) is 46.9 Å². The summed E-state index contributed by atoms with van der Waals surface area (Å²) < 4.78 is 1.03. The summed E-state index contributed by atoms with van der Waals surface area (Å²) in [4.78, 5) is 14.4. The molecular formula is C19H18BrClN4. The first-order chi connectivity index (χ1) is 12.1. The van der Waals surface area contributed by atoms with Gasteiger partial charge in [-0.2, -0.15) is 0 Å². The van der Waals surface area contributed by atoms with Gasteiger partial charge < -0.3 is 9.80 Å². The van der Waals surface area contributed by atoms with Crippen molar-refractivity contribution in [3.63, 3.8) is 0 Å². The molecule has 4 rings (SSSR count). The maximum atomic E-state index is 6.38. The minimum atomic E-state index is 0.670. The molecule has 0 amide bonds. The summed E-state index contributed by atoms with van der Waals surface area (Å²) in [5, 5.41) is 1.73. The molecule has 1 aliphatic heterocycles. The first-order valence-corrected chi connectivity index (χ1v) is 9.44. The molecule has 6 heteroatoms. The summed E-state index contributed by atoms with van der Waals surface area (Å²) >= 11 is 9.96. The molecule has 25 heavy (non-hydrogen) atoms. The van der Waals surface area contributed by atoms with Crippen LogP contribution in [0.1, 0.15) is 0 Å². The number of aromatic nitrogens is 2. The Hall–Kier alpha value is -1.69. The molecule has 0 radical (unpaired) electrons. The average Bonchev–Trinajstić information content (AvgIpc) is 2.62. The number of anilines is 1. The van der Waals surface area contributed by atoms with Crippen LogP contribution >= 0.6 is 27.5 Å². The van der Waals surface area contributed by atoms with E-state index < -0.39 is 0 Å². The normalized spacial score (nSPS) is 15.7. The predicted octanol–water partition coefficient (Wildman–Crippen LogP) is 4.46. The van der Waals surface area contributed by atoms with Crippen molar-refractivity contribution in [2.24, 2.45) is 0 Å². The van der Waals surface area contributed by atoms with Gasteiger partial charge in [-0.05, 0) is 37.4 Å². The quantitative estimate of drug-likeness (QED) is 0.616. The molecule has 2 aromatic carbocycles. The second-order valence-electron chi connectivity index (χ2n) is 6.30. The van der Waals surface area contributed by atoms with Gasteiger partial charge in [0.1, 0.15) is 5.82 Å². The average molecular weight is 418 g/mol. The molecule has 0 aliphatic carbocycles. The van der Waals surface area contributed by atoms with Crippen molar-refractivity contribution in [3.8, 4) is 11.4 Å². The van der Waals surface area contributed by atoms with E-state index in [4.69, 9.17) is 21.6 Å². The SMILES string of the molecule is CN1CCN(c2nc(-c3ccccc3Cl)nc3ccc(Br)cc23)CC1. The Morgan fingerprint density at radius 1 is 1.00 bits per heavy atom. The van der Waals surface area contributed by atoms with E-state index in [9.17, 15) is 0 Å². The van der Waals surface area contributed by atoms with E-state index in [-0.39, 0.29) is 0 Å². The van der Waals surface area contributed by atoms with Gasteiger partial charge in [0.2, 0.25) is 0 Å². The lowest BCUT2D eigenvalue weighted by atomic mass is 10.1. The smallest absolute Gasteiger partial charge is 0.163 e. The lowest BCUT2D eigenvalue weighted by molar-refractivity contribution is 0.312. The first kappa shape index (κ1) is 16.8. The van der Waals surface area contributed by atoms with Crippen molar-refractivity contribution in [1.29, 1.82) is 0 Å². The summed E-state index contributed by atoms with van der Waals surface area (Å²) in [6.07, 6.45) is 0. The maximum Gasteiger partial charge on any atom is 0.163 e. The number of halogens is 2. The fraction of sp³-hybridized carbons (Fsp3) is 0.263. The monoisotopic (exact) mass is 416 g/mol. The van der Waals surface area contributed by atoms with Gasteiger partial charge >= 0.3 is 0 Å². The largest absolute Gasteiger partial charge is 0.353 e. The molecule has 0 saturated carbocycles. The highest BCUT2D eigenvalue weighted by molar-refractivity contribution is 9.10. The summed E-state index contributed by atoms with van der Waals surface area (Å²) in [7, 11) is 2.15. The summed E-state index contributed by atoms with van der Waals surface area (Å²) in [5.41, 5.74) is 1.80. The maximum absolute atomic E-state index is 6.38. The molecular weight excluding hydrogens is 400 g/mol. The fourth-order valence-electron chi connectivity index (χ4n) is 3.11. The molecule has 1 aromatic heterocycles. The molecule has 0 bridgehead atoms. The predicted molar refractivity (Wildman–Crippen MR) is 107 cm³/mol. The number of hydrogen-bond acceptors (Lipinski definition) is 4. The Morgan fingerprint density at radius 3 is 2.52 bits per heavy atom. The number of hydrogen-bond donors (Lipinski definition) is 0. The Morgan fingerprint density at radius 2 is 1.76 bits per heavy atom. The third-order valence-electron chi connectivity index (χ3n) is 4.56. The van der Waals surface area contributed by atoms with Crippen LogP contribution in [0.5, 0.6) is 0 Å². The molecule has 2 heterocycles. The van der Waals surface area contributed by atoms with Gasteiger partial charge in [0.25, 0.3) is 0 Å². The van der Waals surface area contributed by atoms with Crippen molar-refractivity contribution >= 4 is 44.3 Å². The standard InChI is InChI=1S/C19H18BrClN4/c1-24-8-10-25(11-9-24)19-15-12-13(20)6-7-17(15)22-18(23-19)14-4-2-3-5-16(14)21/h2-7,12H,8-11H2,1H3. The zero-order valence-corrected chi connectivity index (χ0v) is 16.3. The van der Waals surface area contributed by atoms with Crippen molar-refractivity contribution in [2.45, 2.75) is 0 Å².